The average molecular weight is 188 g/mol. The van der Waals surface area contributed by atoms with Gasteiger partial charge >= 0.3 is 0 Å². The van der Waals surface area contributed by atoms with Gasteiger partial charge in [0, 0.05) is 11.5 Å². The molecular weight excluding hydrogens is 171 g/mol. The zero-order valence-corrected chi connectivity index (χ0v) is 8.43. The molecule has 13 heavy (non-hydrogen) atoms. The largest absolute Gasteiger partial charge is 0.512 e. The number of Topliss-reactive ketones (excluding diaryl/α,β-unsaturated/α-hetero) is 1. The first kappa shape index (κ1) is 12.1. The highest BCUT2D eigenvalue weighted by Gasteiger charge is 2.16. The van der Waals surface area contributed by atoms with Crippen molar-refractivity contribution in [3.8, 4) is 0 Å². The van der Waals surface area contributed by atoms with Crippen molar-refractivity contribution in [3.63, 3.8) is 0 Å². The van der Waals surface area contributed by atoms with Crippen LogP contribution in [0.1, 0.15) is 33.6 Å². The first-order valence-electron chi connectivity index (χ1n) is 4.57. The molecule has 0 amide bonds. The van der Waals surface area contributed by atoms with Crippen LogP contribution in [0.15, 0.2) is 11.3 Å². The van der Waals surface area contributed by atoms with Crippen LogP contribution in [0.25, 0.3) is 0 Å². The molecule has 0 rings (SSSR count). The van der Waals surface area contributed by atoms with Gasteiger partial charge in [0.1, 0.15) is 5.76 Å². The minimum Gasteiger partial charge on any atom is -0.512 e. The van der Waals surface area contributed by atoms with Gasteiger partial charge in [0.15, 0.2) is 12.5 Å². The van der Waals surface area contributed by atoms with Crippen molar-refractivity contribution in [1.29, 1.82) is 0 Å². The normalized spacial score (nSPS) is 13.0. The van der Waals surface area contributed by atoms with Crippen LogP contribution in [0.5, 0.6) is 0 Å². The Hall–Kier alpha value is -0.860. The number of aliphatic hydroxyl groups excluding tert-OH is 1. The van der Waals surface area contributed by atoms with Crippen LogP contribution < -0.4 is 0 Å². The van der Waals surface area contributed by atoms with Crippen LogP contribution in [-0.2, 0) is 4.79 Å². The number of carbonyl (C=O) groups excluding carboxylic acids is 1. The predicted octanol–water partition coefficient (Wildman–Crippen LogP) is 2.79. The van der Waals surface area contributed by atoms with E-state index in [1.165, 1.54) is 6.92 Å². The molecule has 0 fully saturated rings. The van der Waals surface area contributed by atoms with E-state index in [0.29, 0.717) is 0 Å². The van der Waals surface area contributed by atoms with Crippen molar-refractivity contribution >= 4 is 5.78 Å². The summed E-state index contributed by atoms with van der Waals surface area (Å²) in [5.41, 5.74) is 0.163. The summed E-state index contributed by atoms with van der Waals surface area (Å²) in [6.07, 6.45) is 1.53. The van der Waals surface area contributed by atoms with Crippen LogP contribution in [-0.4, -0.2) is 17.6 Å². The van der Waals surface area contributed by atoms with E-state index in [9.17, 15) is 14.3 Å². The van der Waals surface area contributed by atoms with Gasteiger partial charge in [0.05, 0.1) is 0 Å². The number of ketones is 1. The molecule has 2 nitrogen and oxygen atoms in total. The molecule has 0 atom stereocenters. The standard InChI is InChI=1S/C10H17FO2/c1-4-8(5-2)10(13)7(3)9(12)6-11/h8,13H,4-6H2,1-3H3/b10-7-. The Morgan fingerprint density at radius 1 is 1.38 bits per heavy atom. The summed E-state index contributed by atoms with van der Waals surface area (Å²) in [6.45, 7) is 4.29. The van der Waals surface area contributed by atoms with Gasteiger partial charge in [0.25, 0.3) is 0 Å². The fourth-order valence-corrected chi connectivity index (χ4v) is 1.22. The number of aliphatic hydroxyl groups is 1. The number of rotatable bonds is 5. The van der Waals surface area contributed by atoms with Crippen molar-refractivity contribution < 1.29 is 14.3 Å². The van der Waals surface area contributed by atoms with E-state index in [-0.39, 0.29) is 17.3 Å². The Balaban J connectivity index is 4.67. The highest BCUT2D eigenvalue weighted by atomic mass is 19.1. The van der Waals surface area contributed by atoms with E-state index >= 15 is 0 Å². The molecule has 0 aliphatic carbocycles. The van der Waals surface area contributed by atoms with Gasteiger partial charge < -0.3 is 5.11 Å². The van der Waals surface area contributed by atoms with Gasteiger partial charge in [-0.15, -0.1) is 0 Å². The number of carbonyl (C=O) groups is 1. The number of hydrogen-bond acceptors (Lipinski definition) is 2. The molecule has 0 saturated carbocycles. The van der Waals surface area contributed by atoms with Crippen molar-refractivity contribution in [3.05, 3.63) is 11.3 Å². The van der Waals surface area contributed by atoms with E-state index < -0.39 is 12.5 Å². The van der Waals surface area contributed by atoms with Crippen LogP contribution >= 0.6 is 0 Å². The highest BCUT2D eigenvalue weighted by Crippen LogP contribution is 2.19. The minimum absolute atomic E-state index is 0.0181. The van der Waals surface area contributed by atoms with Crippen molar-refractivity contribution in [2.45, 2.75) is 33.6 Å². The SMILES string of the molecule is CCC(CC)/C(O)=C(\C)C(=O)CF. The van der Waals surface area contributed by atoms with Crippen LogP contribution in [0.3, 0.4) is 0 Å². The number of hydrogen-bond donors (Lipinski definition) is 1. The lowest BCUT2D eigenvalue weighted by atomic mass is 9.96. The van der Waals surface area contributed by atoms with Gasteiger partial charge in [-0.2, -0.15) is 0 Å². The van der Waals surface area contributed by atoms with E-state index in [0.717, 1.165) is 12.8 Å². The van der Waals surface area contributed by atoms with Gasteiger partial charge in [-0.25, -0.2) is 4.39 Å². The number of alkyl halides is 1. The molecule has 0 saturated heterocycles. The molecule has 76 valence electrons. The second-order valence-electron chi connectivity index (χ2n) is 3.08. The number of allylic oxidation sites excluding steroid dienone is 2. The van der Waals surface area contributed by atoms with Crippen molar-refractivity contribution in [1.82, 2.24) is 0 Å². The third-order valence-electron chi connectivity index (χ3n) is 2.30. The lowest BCUT2D eigenvalue weighted by Gasteiger charge is -2.13. The highest BCUT2D eigenvalue weighted by molar-refractivity contribution is 5.96. The van der Waals surface area contributed by atoms with E-state index in [1.54, 1.807) is 0 Å². The molecule has 0 spiro atoms. The third-order valence-corrected chi connectivity index (χ3v) is 2.30. The zero-order chi connectivity index (χ0) is 10.4. The molecule has 0 radical (unpaired) electrons. The molecule has 1 N–H and O–H groups in total. The summed E-state index contributed by atoms with van der Waals surface area (Å²) in [6, 6.07) is 0. The second kappa shape index (κ2) is 5.73. The quantitative estimate of drug-likeness (QED) is 0.532. The maximum absolute atomic E-state index is 12.0. The molecule has 0 unspecified atom stereocenters. The molecule has 0 heterocycles. The maximum atomic E-state index is 12.0. The molecule has 0 aromatic heterocycles. The molecule has 0 bridgehead atoms. The summed E-state index contributed by atoms with van der Waals surface area (Å²) in [5.74, 6) is -0.590. The maximum Gasteiger partial charge on any atom is 0.192 e. The molecule has 0 aromatic rings. The summed E-state index contributed by atoms with van der Waals surface area (Å²) in [4.78, 5) is 10.9. The summed E-state index contributed by atoms with van der Waals surface area (Å²) < 4.78 is 12.0. The Morgan fingerprint density at radius 2 is 1.85 bits per heavy atom. The van der Waals surface area contributed by atoms with Crippen molar-refractivity contribution in [2.24, 2.45) is 5.92 Å². The van der Waals surface area contributed by atoms with Gasteiger partial charge in [0.2, 0.25) is 0 Å². The van der Waals surface area contributed by atoms with E-state index in [4.69, 9.17) is 0 Å². The van der Waals surface area contributed by atoms with Gasteiger partial charge in [-0.3, -0.25) is 4.79 Å². The number of halogens is 1. The van der Waals surface area contributed by atoms with Gasteiger partial charge in [-0.05, 0) is 19.8 Å². The summed E-state index contributed by atoms with van der Waals surface area (Å²) in [7, 11) is 0. The lowest BCUT2D eigenvalue weighted by molar-refractivity contribution is -0.116. The third kappa shape index (κ3) is 3.17. The monoisotopic (exact) mass is 188 g/mol. The Bertz CT molecular complexity index is 205. The van der Waals surface area contributed by atoms with Crippen LogP contribution in [0.2, 0.25) is 0 Å². The topological polar surface area (TPSA) is 37.3 Å². The Labute approximate surface area is 78.5 Å². The predicted molar refractivity (Wildman–Crippen MR) is 50.4 cm³/mol. The van der Waals surface area contributed by atoms with E-state index in [1.807, 2.05) is 13.8 Å². The van der Waals surface area contributed by atoms with Crippen LogP contribution in [0.4, 0.5) is 4.39 Å². The summed E-state index contributed by atoms with van der Waals surface area (Å²) >= 11 is 0. The van der Waals surface area contributed by atoms with Crippen LogP contribution in [0, 0.1) is 5.92 Å². The second-order valence-corrected chi connectivity index (χ2v) is 3.08. The molecular formula is C10H17FO2. The zero-order valence-electron chi connectivity index (χ0n) is 8.43. The Kier molecular flexibility index (Phi) is 5.35. The fourth-order valence-electron chi connectivity index (χ4n) is 1.22. The fraction of sp³-hybridized carbons (Fsp3) is 0.700. The molecule has 0 aliphatic rings. The molecule has 0 aromatic carbocycles. The first-order valence-corrected chi connectivity index (χ1v) is 4.57. The average Bonchev–Trinajstić information content (AvgIpc) is 2.17. The molecule has 3 heteroatoms. The summed E-state index contributed by atoms with van der Waals surface area (Å²) in [5, 5.41) is 9.57. The Morgan fingerprint density at radius 3 is 2.15 bits per heavy atom. The van der Waals surface area contributed by atoms with E-state index in [2.05, 4.69) is 0 Å². The molecule has 0 aliphatic heterocycles. The van der Waals surface area contributed by atoms with Crippen molar-refractivity contribution in [2.75, 3.05) is 6.67 Å². The minimum atomic E-state index is -1.03. The lowest BCUT2D eigenvalue weighted by Crippen LogP contribution is -2.10. The van der Waals surface area contributed by atoms with Gasteiger partial charge in [-0.1, -0.05) is 13.8 Å². The smallest absolute Gasteiger partial charge is 0.192 e. The first-order chi connectivity index (χ1) is 6.08.